The van der Waals surface area contributed by atoms with Crippen LogP contribution < -0.4 is 5.32 Å². The first-order valence-electron chi connectivity index (χ1n) is 6.09. The number of hydrogen-bond donors (Lipinski definition) is 1. The summed E-state index contributed by atoms with van der Waals surface area (Å²) in [6.45, 7) is 2.59. The van der Waals surface area contributed by atoms with E-state index in [0.29, 0.717) is 13.1 Å². The fraction of sp³-hybridized carbons (Fsp3) is 0.538. The normalized spacial score (nSPS) is 19.9. The summed E-state index contributed by atoms with van der Waals surface area (Å²) in [6, 6.07) is 9.35. The second kappa shape index (κ2) is 8.72. The van der Waals surface area contributed by atoms with Gasteiger partial charge in [0, 0.05) is 32.2 Å². The van der Waals surface area contributed by atoms with Crippen LogP contribution in [0.2, 0.25) is 0 Å². The number of piperazine rings is 1. The van der Waals surface area contributed by atoms with Crippen molar-refractivity contribution in [3.05, 3.63) is 35.9 Å². The predicted octanol–water partition coefficient (Wildman–Crippen LogP) is 3.26. The van der Waals surface area contributed by atoms with Gasteiger partial charge in [-0.05, 0) is 5.56 Å². The van der Waals surface area contributed by atoms with E-state index in [0.717, 1.165) is 18.7 Å². The van der Waals surface area contributed by atoms with E-state index in [-0.39, 0.29) is 24.8 Å². The van der Waals surface area contributed by atoms with Crippen LogP contribution in [-0.2, 0) is 6.54 Å². The Morgan fingerprint density at radius 3 is 2.40 bits per heavy atom. The van der Waals surface area contributed by atoms with E-state index in [9.17, 15) is 13.2 Å². The van der Waals surface area contributed by atoms with Crippen LogP contribution in [0.5, 0.6) is 0 Å². The lowest BCUT2D eigenvalue weighted by atomic mass is 10.1. The van der Waals surface area contributed by atoms with Crippen LogP contribution in [0.4, 0.5) is 13.2 Å². The summed E-state index contributed by atoms with van der Waals surface area (Å²) >= 11 is 0. The number of benzene rings is 1. The number of nitrogens with one attached hydrogen (secondary N) is 1. The van der Waals surface area contributed by atoms with Crippen molar-refractivity contribution in [1.82, 2.24) is 10.2 Å². The molecule has 0 radical (unpaired) electrons. The smallest absolute Gasteiger partial charge is 0.311 e. The molecule has 0 aromatic heterocycles. The second-order valence-corrected chi connectivity index (χ2v) is 4.69. The third-order valence-electron chi connectivity index (χ3n) is 3.07. The largest absolute Gasteiger partial charge is 0.390 e. The Kier molecular flexibility index (Phi) is 8.51. The highest BCUT2D eigenvalue weighted by molar-refractivity contribution is 5.85. The van der Waals surface area contributed by atoms with Gasteiger partial charge in [-0.2, -0.15) is 13.2 Å². The lowest BCUT2D eigenvalue weighted by Gasteiger charge is -2.34. The molecular weight excluding hydrogens is 312 g/mol. The van der Waals surface area contributed by atoms with E-state index in [1.807, 2.05) is 30.3 Å². The van der Waals surface area contributed by atoms with Gasteiger partial charge in [0.05, 0.1) is 6.42 Å². The lowest BCUT2D eigenvalue weighted by Crippen LogP contribution is -2.51. The molecule has 2 rings (SSSR count). The molecule has 1 aliphatic heterocycles. The van der Waals surface area contributed by atoms with E-state index in [1.54, 1.807) is 0 Å². The first kappa shape index (κ1) is 19.5. The fourth-order valence-electron chi connectivity index (χ4n) is 2.30. The third kappa shape index (κ3) is 6.79. The van der Waals surface area contributed by atoms with Crippen molar-refractivity contribution in [2.75, 3.05) is 19.6 Å². The highest BCUT2D eigenvalue weighted by Gasteiger charge is 2.33. The zero-order valence-corrected chi connectivity index (χ0v) is 12.5. The van der Waals surface area contributed by atoms with Gasteiger partial charge >= 0.3 is 6.18 Å². The monoisotopic (exact) mass is 330 g/mol. The van der Waals surface area contributed by atoms with Gasteiger partial charge in [-0.25, -0.2) is 0 Å². The van der Waals surface area contributed by atoms with E-state index in [1.165, 1.54) is 0 Å². The van der Waals surface area contributed by atoms with Gasteiger partial charge < -0.3 is 5.32 Å². The highest BCUT2D eigenvalue weighted by Crippen LogP contribution is 2.23. The maximum absolute atomic E-state index is 12.3. The molecule has 0 spiro atoms. The van der Waals surface area contributed by atoms with Gasteiger partial charge in [-0.15, -0.1) is 24.8 Å². The van der Waals surface area contributed by atoms with E-state index >= 15 is 0 Å². The molecule has 1 aromatic carbocycles. The van der Waals surface area contributed by atoms with Gasteiger partial charge in [0.1, 0.15) is 0 Å². The summed E-state index contributed by atoms with van der Waals surface area (Å²) in [7, 11) is 0. The van der Waals surface area contributed by atoms with Crippen LogP contribution >= 0.6 is 24.8 Å². The van der Waals surface area contributed by atoms with Crippen molar-refractivity contribution in [3.63, 3.8) is 0 Å². The maximum Gasteiger partial charge on any atom is 0.390 e. The molecular formula is C13H19Cl2F3N2. The Labute approximate surface area is 129 Å². The molecule has 1 atom stereocenters. The molecule has 1 heterocycles. The summed E-state index contributed by atoms with van der Waals surface area (Å²) in [5, 5.41) is 2.93. The Morgan fingerprint density at radius 1 is 1.15 bits per heavy atom. The molecule has 20 heavy (non-hydrogen) atoms. The van der Waals surface area contributed by atoms with Crippen LogP contribution in [0.3, 0.4) is 0 Å². The first-order valence-corrected chi connectivity index (χ1v) is 6.09. The molecule has 1 fully saturated rings. The molecule has 1 N–H and O–H groups in total. The topological polar surface area (TPSA) is 15.3 Å². The number of rotatable bonds is 3. The molecule has 0 bridgehead atoms. The molecule has 1 unspecified atom stereocenters. The Hall–Kier alpha value is -0.490. The van der Waals surface area contributed by atoms with Gasteiger partial charge in [0.2, 0.25) is 0 Å². The van der Waals surface area contributed by atoms with E-state index < -0.39 is 18.6 Å². The van der Waals surface area contributed by atoms with Crippen LogP contribution in [0.25, 0.3) is 0 Å². The number of hydrogen-bond acceptors (Lipinski definition) is 2. The van der Waals surface area contributed by atoms with Crippen molar-refractivity contribution in [2.24, 2.45) is 0 Å². The summed E-state index contributed by atoms with van der Waals surface area (Å²) in [4.78, 5) is 2.07. The molecule has 0 saturated carbocycles. The van der Waals surface area contributed by atoms with Crippen LogP contribution in [0.1, 0.15) is 12.0 Å². The molecule has 1 saturated heterocycles. The Balaban J connectivity index is 0.00000180. The molecule has 0 aliphatic carbocycles. The third-order valence-corrected chi connectivity index (χ3v) is 3.07. The zero-order valence-electron chi connectivity index (χ0n) is 10.9. The van der Waals surface area contributed by atoms with Crippen molar-refractivity contribution < 1.29 is 13.2 Å². The van der Waals surface area contributed by atoms with Crippen LogP contribution in [0.15, 0.2) is 30.3 Å². The van der Waals surface area contributed by atoms with Gasteiger partial charge in [0.15, 0.2) is 0 Å². The first-order chi connectivity index (χ1) is 8.53. The second-order valence-electron chi connectivity index (χ2n) is 4.69. The van der Waals surface area contributed by atoms with E-state index in [4.69, 9.17) is 0 Å². The average Bonchev–Trinajstić information content (AvgIpc) is 2.28. The van der Waals surface area contributed by atoms with Crippen LogP contribution in [0, 0.1) is 0 Å². The molecule has 0 amide bonds. The number of nitrogens with zero attached hydrogens (tertiary/aromatic N) is 1. The molecule has 1 aromatic rings. The Bertz CT molecular complexity index is 374. The summed E-state index contributed by atoms with van der Waals surface area (Å²) < 4.78 is 37.0. The zero-order chi connectivity index (χ0) is 13.0. The Morgan fingerprint density at radius 2 is 1.80 bits per heavy atom. The van der Waals surface area contributed by atoms with Gasteiger partial charge in [0.25, 0.3) is 0 Å². The molecule has 7 heteroatoms. The summed E-state index contributed by atoms with van der Waals surface area (Å²) in [5.41, 5.74) is 1.14. The van der Waals surface area contributed by atoms with Gasteiger partial charge in [-0.1, -0.05) is 30.3 Å². The number of halogens is 5. The van der Waals surface area contributed by atoms with Crippen LogP contribution in [-0.4, -0.2) is 36.8 Å². The lowest BCUT2D eigenvalue weighted by molar-refractivity contribution is -0.142. The molecule has 116 valence electrons. The van der Waals surface area contributed by atoms with E-state index in [2.05, 4.69) is 10.2 Å². The van der Waals surface area contributed by atoms with Crippen molar-refractivity contribution in [2.45, 2.75) is 25.2 Å². The van der Waals surface area contributed by atoms with Crippen molar-refractivity contribution >= 4 is 24.8 Å². The summed E-state index contributed by atoms with van der Waals surface area (Å²) in [6.07, 6.45) is -4.84. The molecule has 1 aliphatic rings. The molecule has 2 nitrogen and oxygen atoms in total. The minimum atomic E-state index is -4.09. The highest BCUT2D eigenvalue weighted by atomic mass is 35.5. The average molecular weight is 331 g/mol. The number of alkyl halides is 3. The van der Waals surface area contributed by atoms with Crippen molar-refractivity contribution in [1.29, 1.82) is 0 Å². The van der Waals surface area contributed by atoms with Crippen molar-refractivity contribution in [3.8, 4) is 0 Å². The SMILES string of the molecule is Cl.Cl.FC(F)(F)CC1CN(Cc2ccccc2)CCN1. The quantitative estimate of drug-likeness (QED) is 0.915. The fourth-order valence-corrected chi connectivity index (χ4v) is 2.30. The maximum atomic E-state index is 12.3. The standard InChI is InChI=1S/C13H17F3N2.2ClH/c14-13(15,16)8-12-10-18(7-6-17-12)9-11-4-2-1-3-5-11;;/h1-5,12,17H,6-10H2;2*1H. The predicted molar refractivity (Wildman–Crippen MR) is 78.7 cm³/mol. The minimum Gasteiger partial charge on any atom is -0.311 e. The van der Waals surface area contributed by atoms with Gasteiger partial charge in [-0.3, -0.25) is 4.90 Å². The summed E-state index contributed by atoms with van der Waals surface area (Å²) in [5.74, 6) is 0. The minimum absolute atomic E-state index is 0.